The number of hydrogen-bond acceptors (Lipinski definition) is 2. The number of aryl methyl sites for hydroxylation is 1. The molecule has 2 nitrogen and oxygen atoms in total. The van der Waals surface area contributed by atoms with Gasteiger partial charge in [-0.25, -0.2) is 0 Å². The first-order valence-electron chi connectivity index (χ1n) is 5.05. The van der Waals surface area contributed by atoms with Crippen LogP contribution in [0.15, 0.2) is 18.2 Å². The molecule has 0 aromatic heterocycles. The number of carbonyl (C=O) groups excluding carboxylic acids is 1. The van der Waals surface area contributed by atoms with Gasteiger partial charge in [0.25, 0.3) is 0 Å². The second-order valence-electron chi connectivity index (χ2n) is 3.42. The Balaban J connectivity index is 2.75. The minimum atomic E-state index is 0.0917. The van der Waals surface area contributed by atoms with E-state index in [1.807, 2.05) is 6.07 Å². The maximum absolute atomic E-state index is 10.7. The minimum Gasteiger partial charge on any atom is -0.507 e. The Morgan fingerprint density at radius 3 is 2.79 bits per heavy atom. The van der Waals surface area contributed by atoms with Crippen molar-refractivity contribution in [2.45, 2.75) is 32.6 Å². The van der Waals surface area contributed by atoms with Crippen LogP contribution in [0, 0.1) is 0 Å². The monoisotopic (exact) mass is 192 g/mol. The van der Waals surface area contributed by atoms with E-state index in [1.165, 1.54) is 0 Å². The number of rotatable bonds is 5. The fourth-order valence-electron chi connectivity index (χ4n) is 1.52. The first-order valence-corrected chi connectivity index (χ1v) is 5.05. The van der Waals surface area contributed by atoms with E-state index in [-0.39, 0.29) is 5.75 Å². The van der Waals surface area contributed by atoms with Crippen LogP contribution in [0.25, 0.3) is 0 Å². The van der Waals surface area contributed by atoms with Gasteiger partial charge in [-0.05, 0) is 24.5 Å². The molecule has 76 valence electrons. The van der Waals surface area contributed by atoms with Gasteiger partial charge in [0.15, 0.2) is 6.29 Å². The molecule has 0 radical (unpaired) electrons. The van der Waals surface area contributed by atoms with E-state index >= 15 is 0 Å². The van der Waals surface area contributed by atoms with Crippen molar-refractivity contribution in [1.82, 2.24) is 0 Å². The zero-order valence-corrected chi connectivity index (χ0v) is 8.49. The summed E-state index contributed by atoms with van der Waals surface area (Å²) in [6.07, 6.45) is 5.00. The number of aldehydes is 1. The molecule has 0 fully saturated rings. The van der Waals surface area contributed by atoms with E-state index in [1.54, 1.807) is 12.1 Å². The van der Waals surface area contributed by atoms with Crippen molar-refractivity contribution in [2.75, 3.05) is 0 Å². The van der Waals surface area contributed by atoms with Gasteiger partial charge >= 0.3 is 0 Å². The molecular weight excluding hydrogens is 176 g/mol. The van der Waals surface area contributed by atoms with Crippen LogP contribution in [-0.2, 0) is 6.42 Å². The second-order valence-corrected chi connectivity index (χ2v) is 3.42. The van der Waals surface area contributed by atoms with E-state index in [9.17, 15) is 9.90 Å². The van der Waals surface area contributed by atoms with Crippen LogP contribution in [0.4, 0.5) is 0 Å². The first kappa shape index (κ1) is 10.8. The summed E-state index contributed by atoms with van der Waals surface area (Å²) in [5.74, 6) is 0.0917. The van der Waals surface area contributed by atoms with Crippen molar-refractivity contribution in [3.63, 3.8) is 0 Å². The van der Waals surface area contributed by atoms with Crippen LogP contribution in [0.3, 0.4) is 0 Å². The van der Waals surface area contributed by atoms with Gasteiger partial charge in [0.05, 0.1) is 5.56 Å². The van der Waals surface area contributed by atoms with E-state index < -0.39 is 0 Å². The highest BCUT2D eigenvalue weighted by Gasteiger charge is 2.05. The third-order valence-electron chi connectivity index (χ3n) is 2.34. The van der Waals surface area contributed by atoms with Gasteiger partial charge in [0.2, 0.25) is 0 Å². The molecule has 0 atom stereocenters. The molecule has 0 spiro atoms. The topological polar surface area (TPSA) is 37.3 Å². The minimum absolute atomic E-state index is 0.0917. The molecule has 0 saturated carbocycles. The zero-order chi connectivity index (χ0) is 10.4. The summed E-state index contributed by atoms with van der Waals surface area (Å²) in [6.45, 7) is 2.14. The third kappa shape index (κ3) is 2.59. The molecule has 0 aliphatic heterocycles. The molecule has 1 rings (SSSR count). The van der Waals surface area contributed by atoms with Crippen molar-refractivity contribution in [3.8, 4) is 5.75 Å². The van der Waals surface area contributed by atoms with E-state index in [0.717, 1.165) is 37.5 Å². The number of hydrogen-bond donors (Lipinski definition) is 1. The summed E-state index contributed by atoms with van der Waals surface area (Å²) in [5, 5.41) is 9.42. The van der Waals surface area contributed by atoms with Crippen LogP contribution in [0.5, 0.6) is 5.75 Å². The van der Waals surface area contributed by atoms with Crippen molar-refractivity contribution in [1.29, 1.82) is 0 Å². The maximum Gasteiger partial charge on any atom is 0.154 e. The predicted octanol–water partition coefficient (Wildman–Crippen LogP) is 2.94. The lowest BCUT2D eigenvalue weighted by Gasteiger charge is -2.05. The molecule has 1 aromatic carbocycles. The number of unbranched alkanes of at least 4 members (excludes halogenated alkanes) is 2. The fourth-order valence-corrected chi connectivity index (χ4v) is 1.52. The van der Waals surface area contributed by atoms with Gasteiger partial charge in [-0.3, -0.25) is 4.79 Å². The Morgan fingerprint density at radius 1 is 1.36 bits per heavy atom. The fraction of sp³-hybridized carbons (Fsp3) is 0.417. The van der Waals surface area contributed by atoms with E-state index in [4.69, 9.17) is 0 Å². The zero-order valence-electron chi connectivity index (χ0n) is 8.49. The normalized spacial score (nSPS) is 10.1. The largest absolute Gasteiger partial charge is 0.507 e. The van der Waals surface area contributed by atoms with Crippen LogP contribution in [0.2, 0.25) is 0 Å². The van der Waals surface area contributed by atoms with Crippen molar-refractivity contribution >= 4 is 6.29 Å². The van der Waals surface area contributed by atoms with Crippen LogP contribution >= 0.6 is 0 Å². The highest BCUT2D eigenvalue weighted by atomic mass is 16.3. The molecule has 0 heterocycles. The smallest absolute Gasteiger partial charge is 0.154 e. The molecule has 0 aliphatic carbocycles. The lowest BCUT2D eigenvalue weighted by Crippen LogP contribution is -1.93. The Kier molecular flexibility index (Phi) is 4.17. The molecule has 0 aliphatic rings. The van der Waals surface area contributed by atoms with Gasteiger partial charge in [-0.2, -0.15) is 0 Å². The molecule has 1 N–H and O–H groups in total. The van der Waals surface area contributed by atoms with Gasteiger partial charge in [-0.15, -0.1) is 0 Å². The van der Waals surface area contributed by atoms with E-state index in [0.29, 0.717) is 5.56 Å². The first-order chi connectivity index (χ1) is 6.79. The van der Waals surface area contributed by atoms with Crippen molar-refractivity contribution in [3.05, 3.63) is 29.3 Å². The molecule has 1 aromatic rings. The standard InChI is InChI=1S/C12H16O2/c1-2-3-4-6-10-7-5-8-12(14)11(10)9-13/h5,7-9,14H,2-4,6H2,1H3. The maximum atomic E-state index is 10.7. The summed E-state index contributed by atoms with van der Waals surface area (Å²) < 4.78 is 0. The van der Waals surface area contributed by atoms with Crippen LogP contribution < -0.4 is 0 Å². The quantitative estimate of drug-likeness (QED) is 0.575. The van der Waals surface area contributed by atoms with E-state index in [2.05, 4.69) is 6.92 Å². The number of aromatic hydroxyl groups is 1. The summed E-state index contributed by atoms with van der Waals surface area (Å²) >= 11 is 0. The summed E-state index contributed by atoms with van der Waals surface area (Å²) in [7, 11) is 0. The number of benzene rings is 1. The molecule has 2 heteroatoms. The Hall–Kier alpha value is -1.31. The predicted molar refractivity (Wildman–Crippen MR) is 56.7 cm³/mol. The average molecular weight is 192 g/mol. The molecular formula is C12H16O2. The molecule has 0 saturated heterocycles. The summed E-state index contributed by atoms with van der Waals surface area (Å²) in [6, 6.07) is 5.23. The third-order valence-corrected chi connectivity index (χ3v) is 2.34. The molecule has 0 bridgehead atoms. The summed E-state index contributed by atoms with van der Waals surface area (Å²) in [4.78, 5) is 10.7. The van der Waals surface area contributed by atoms with Crippen LogP contribution in [0.1, 0.15) is 42.1 Å². The Bertz CT molecular complexity index is 305. The van der Waals surface area contributed by atoms with Crippen molar-refractivity contribution < 1.29 is 9.90 Å². The van der Waals surface area contributed by atoms with Gasteiger partial charge in [0, 0.05) is 0 Å². The Labute approximate surface area is 84.6 Å². The number of phenolic OH excluding ortho intramolecular Hbond substituents is 1. The lowest BCUT2D eigenvalue weighted by atomic mass is 10.0. The van der Waals surface area contributed by atoms with Crippen molar-refractivity contribution in [2.24, 2.45) is 0 Å². The Morgan fingerprint density at radius 2 is 2.14 bits per heavy atom. The summed E-state index contributed by atoms with van der Waals surface area (Å²) in [5.41, 5.74) is 1.40. The average Bonchev–Trinajstić information content (AvgIpc) is 2.18. The van der Waals surface area contributed by atoms with Gasteiger partial charge in [-0.1, -0.05) is 31.9 Å². The lowest BCUT2D eigenvalue weighted by molar-refractivity contribution is 0.112. The highest BCUT2D eigenvalue weighted by molar-refractivity contribution is 5.81. The van der Waals surface area contributed by atoms with Gasteiger partial charge in [0.1, 0.15) is 5.75 Å². The SMILES string of the molecule is CCCCCc1cccc(O)c1C=O. The van der Waals surface area contributed by atoms with Gasteiger partial charge < -0.3 is 5.11 Å². The molecule has 14 heavy (non-hydrogen) atoms. The molecule has 0 amide bonds. The number of phenols is 1. The highest BCUT2D eigenvalue weighted by Crippen LogP contribution is 2.20. The van der Waals surface area contributed by atoms with Crippen LogP contribution in [-0.4, -0.2) is 11.4 Å². The second kappa shape index (κ2) is 5.43. The molecule has 0 unspecified atom stereocenters. The number of carbonyl (C=O) groups is 1.